The molecule has 0 amide bonds. The largest absolute Gasteiger partial charge is 0.394 e. The van der Waals surface area contributed by atoms with Gasteiger partial charge in [0.05, 0.1) is 29.9 Å². The van der Waals surface area contributed by atoms with E-state index in [1.165, 1.54) is 0 Å². The van der Waals surface area contributed by atoms with Crippen molar-refractivity contribution < 1.29 is 9.84 Å². The van der Waals surface area contributed by atoms with Crippen molar-refractivity contribution in [3.8, 4) is 6.07 Å². The third-order valence-corrected chi connectivity index (χ3v) is 3.65. The van der Waals surface area contributed by atoms with Crippen molar-refractivity contribution in [2.24, 2.45) is 0 Å². The first-order chi connectivity index (χ1) is 10.2. The van der Waals surface area contributed by atoms with Crippen LogP contribution in [0.25, 0.3) is 10.9 Å². The SMILES string of the molecule is CC1CN(c2nc3ccccc3cc2C#N)CC(CO)O1. The number of benzene rings is 1. The predicted octanol–water partition coefficient (Wildman–Crippen LogP) is 1.69. The van der Waals surface area contributed by atoms with Gasteiger partial charge in [0.15, 0.2) is 0 Å². The van der Waals surface area contributed by atoms with Crippen LogP contribution in [0.5, 0.6) is 0 Å². The summed E-state index contributed by atoms with van der Waals surface area (Å²) in [6.07, 6.45) is -0.246. The summed E-state index contributed by atoms with van der Waals surface area (Å²) in [5, 5.41) is 19.7. The third-order valence-electron chi connectivity index (χ3n) is 3.65. The Kier molecular flexibility index (Phi) is 3.74. The summed E-state index contributed by atoms with van der Waals surface area (Å²) >= 11 is 0. The van der Waals surface area contributed by atoms with Gasteiger partial charge in [0.1, 0.15) is 11.9 Å². The monoisotopic (exact) mass is 283 g/mol. The van der Waals surface area contributed by atoms with E-state index in [0.29, 0.717) is 24.5 Å². The van der Waals surface area contributed by atoms with Gasteiger partial charge in [-0.1, -0.05) is 18.2 Å². The summed E-state index contributed by atoms with van der Waals surface area (Å²) in [6, 6.07) is 11.8. The van der Waals surface area contributed by atoms with E-state index in [1.54, 1.807) is 0 Å². The molecule has 0 bridgehead atoms. The fourth-order valence-electron chi connectivity index (χ4n) is 2.75. The Morgan fingerprint density at radius 1 is 1.43 bits per heavy atom. The second kappa shape index (κ2) is 5.68. The Labute approximate surface area is 123 Å². The summed E-state index contributed by atoms with van der Waals surface area (Å²) in [6.45, 7) is 3.13. The molecule has 2 unspecified atom stereocenters. The lowest BCUT2D eigenvalue weighted by Crippen LogP contribution is -2.48. The second-order valence-corrected chi connectivity index (χ2v) is 5.32. The van der Waals surface area contributed by atoms with Gasteiger partial charge in [-0.05, 0) is 19.1 Å². The van der Waals surface area contributed by atoms with Crippen LogP contribution < -0.4 is 4.90 Å². The molecule has 1 aliphatic rings. The van der Waals surface area contributed by atoms with E-state index in [-0.39, 0.29) is 18.8 Å². The Balaban J connectivity index is 2.04. The number of nitrogens with zero attached hydrogens (tertiary/aromatic N) is 3. The van der Waals surface area contributed by atoms with Crippen LogP contribution >= 0.6 is 0 Å². The van der Waals surface area contributed by atoms with E-state index >= 15 is 0 Å². The molecule has 1 aromatic heterocycles. The topological polar surface area (TPSA) is 69.4 Å². The van der Waals surface area contributed by atoms with Crippen LogP contribution in [0.15, 0.2) is 30.3 Å². The van der Waals surface area contributed by atoms with E-state index in [2.05, 4.69) is 11.1 Å². The van der Waals surface area contributed by atoms with E-state index in [0.717, 1.165) is 10.9 Å². The average Bonchev–Trinajstić information content (AvgIpc) is 2.52. The van der Waals surface area contributed by atoms with Gasteiger partial charge in [0.25, 0.3) is 0 Å². The molecule has 0 aliphatic carbocycles. The normalized spacial score (nSPS) is 22.2. The van der Waals surface area contributed by atoms with Crippen molar-refractivity contribution >= 4 is 16.7 Å². The van der Waals surface area contributed by atoms with Crippen molar-refractivity contribution in [2.45, 2.75) is 19.1 Å². The highest BCUT2D eigenvalue weighted by Gasteiger charge is 2.27. The molecule has 5 heteroatoms. The summed E-state index contributed by atoms with van der Waals surface area (Å²) in [5.41, 5.74) is 1.42. The minimum absolute atomic E-state index is 0.00397. The maximum absolute atomic E-state index is 9.40. The molecule has 3 rings (SSSR count). The predicted molar refractivity (Wildman–Crippen MR) is 80.1 cm³/mol. The Bertz CT molecular complexity index is 695. The van der Waals surface area contributed by atoms with Gasteiger partial charge in [0, 0.05) is 18.5 Å². The molecule has 0 saturated carbocycles. The lowest BCUT2D eigenvalue weighted by Gasteiger charge is -2.37. The minimum Gasteiger partial charge on any atom is -0.394 e. The molecule has 2 aromatic rings. The molecule has 2 atom stereocenters. The lowest BCUT2D eigenvalue weighted by atomic mass is 10.1. The number of aromatic nitrogens is 1. The van der Waals surface area contributed by atoms with Gasteiger partial charge in [-0.15, -0.1) is 0 Å². The highest BCUT2D eigenvalue weighted by molar-refractivity contribution is 5.83. The maximum Gasteiger partial charge on any atom is 0.147 e. The van der Waals surface area contributed by atoms with Crippen LogP contribution in [-0.4, -0.2) is 42.0 Å². The molecular weight excluding hydrogens is 266 g/mol. The number of hydrogen-bond acceptors (Lipinski definition) is 5. The van der Waals surface area contributed by atoms with Crippen LogP contribution in [0.4, 0.5) is 5.82 Å². The van der Waals surface area contributed by atoms with E-state index < -0.39 is 0 Å². The summed E-state index contributed by atoms with van der Waals surface area (Å²) in [5.74, 6) is 0.671. The molecule has 108 valence electrons. The van der Waals surface area contributed by atoms with Gasteiger partial charge < -0.3 is 14.7 Å². The van der Waals surface area contributed by atoms with Crippen LogP contribution in [0.1, 0.15) is 12.5 Å². The van der Waals surface area contributed by atoms with Crippen LogP contribution in [-0.2, 0) is 4.74 Å². The first-order valence-corrected chi connectivity index (χ1v) is 7.02. The number of morpholine rings is 1. The molecule has 0 spiro atoms. The standard InChI is InChI=1S/C16H17N3O2/c1-11-8-19(9-14(10-20)21-11)16-13(7-17)6-12-4-2-3-5-15(12)18-16/h2-6,11,14,20H,8-10H2,1H3. The number of fused-ring (bicyclic) bond motifs is 1. The number of aliphatic hydroxyl groups is 1. The molecule has 1 N–H and O–H groups in total. The average molecular weight is 283 g/mol. The third kappa shape index (κ3) is 2.68. The molecule has 1 aliphatic heterocycles. The van der Waals surface area contributed by atoms with Crippen LogP contribution in [0.3, 0.4) is 0 Å². The zero-order chi connectivity index (χ0) is 14.8. The van der Waals surface area contributed by atoms with Gasteiger partial charge in [-0.25, -0.2) is 4.98 Å². The van der Waals surface area contributed by atoms with Crippen molar-refractivity contribution in [3.05, 3.63) is 35.9 Å². The summed E-state index contributed by atoms with van der Waals surface area (Å²) in [7, 11) is 0. The number of ether oxygens (including phenoxy) is 1. The lowest BCUT2D eigenvalue weighted by molar-refractivity contribution is -0.0423. The van der Waals surface area contributed by atoms with Crippen molar-refractivity contribution in [2.75, 3.05) is 24.6 Å². The number of pyridine rings is 1. The van der Waals surface area contributed by atoms with Gasteiger partial charge in [0.2, 0.25) is 0 Å². The first kappa shape index (κ1) is 13.8. The minimum atomic E-state index is -0.242. The number of para-hydroxylation sites is 1. The number of nitriles is 1. The Morgan fingerprint density at radius 3 is 3.00 bits per heavy atom. The van der Waals surface area contributed by atoms with Crippen LogP contribution in [0, 0.1) is 11.3 Å². The zero-order valence-electron chi connectivity index (χ0n) is 11.9. The molecule has 1 saturated heterocycles. The Hall–Kier alpha value is -2.16. The van der Waals surface area contributed by atoms with E-state index in [1.807, 2.05) is 42.2 Å². The quantitative estimate of drug-likeness (QED) is 0.908. The number of rotatable bonds is 2. The fraction of sp³-hybridized carbons (Fsp3) is 0.375. The maximum atomic E-state index is 9.40. The number of hydrogen-bond donors (Lipinski definition) is 1. The second-order valence-electron chi connectivity index (χ2n) is 5.32. The molecule has 0 radical (unpaired) electrons. The smallest absolute Gasteiger partial charge is 0.147 e. The van der Waals surface area contributed by atoms with E-state index in [4.69, 9.17) is 4.74 Å². The fourth-order valence-corrected chi connectivity index (χ4v) is 2.75. The molecule has 1 fully saturated rings. The van der Waals surface area contributed by atoms with Gasteiger partial charge in [-0.3, -0.25) is 0 Å². The molecule has 1 aromatic carbocycles. The van der Waals surface area contributed by atoms with Crippen LogP contribution in [0.2, 0.25) is 0 Å². The first-order valence-electron chi connectivity index (χ1n) is 7.02. The molecular formula is C16H17N3O2. The summed E-state index contributed by atoms with van der Waals surface area (Å²) < 4.78 is 5.65. The number of anilines is 1. The summed E-state index contributed by atoms with van der Waals surface area (Å²) in [4.78, 5) is 6.67. The van der Waals surface area contributed by atoms with Crippen molar-refractivity contribution in [1.29, 1.82) is 5.26 Å². The number of aliphatic hydroxyl groups excluding tert-OH is 1. The molecule has 5 nitrogen and oxygen atoms in total. The van der Waals surface area contributed by atoms with Gasteiger partial charge >= 0.3 is 0 Å². The van der Waals surface area contributed by atoms with E-state index in [9.17, 15) is 10.4 Å². The Morgan fingerprint density at radius 2 is 2.24 bits per heavy atom. The zero-order valence-corrected chi connectivity index (χ0v) is 11.9. The molecule has 2 heterocycles. The highest BCUT2D eigenvalue weighted by atomic mass is 16.5. The molecule has 21 heavy (non-hydrogen) atoms. The van der Waals surface area contributed by atoms with Crippen molar-refractivity contribution in [3.63, 3.8) is 0 Å². The highest BCUT2D eigenvalue weighted by Crippen LogP contribution is 2.25. The van der Waals surface area contributed by atoms with Gasteiger partial charge in [-0.2, -0.15) is 5.26 Å². The van der Waals surface area contributed by atoms with Crippen molar-refractivity contribution in [1.82, 2.24) is 4.98 Å².